The number of carbonyl (C=O) groups excluding carboxylic acids is 1. The van der Waals surface area contributed by atoms with Gasteiger partial charge >= 0.3 is 5.97 Å². The first-order valence-electron chi connectivity index (χ1n) is 4.10. The first-order valence-corrected chi connectivity index (χ1v) is 5.63. The van der Waals surface area contributed by atoms with Gasteiger partial charge in [0.05, 0.1) is 11.0 Å². The molecule has 0 aliphatic rings. The Balaban J connectivity index is 2.95. The van der Waals surface area contributed by atoms with Gasteiger partial charge in [-0.3, -0.25) is 4.79 Å². The molecule has 0 radical (unpaired) electrons. The van der Waals surface area contributed by atoms with Crippen molar-refractivity contribution >= 4 is 28.6 Å². The molecule has 0 aliphatic carbocycles. The predicted octanol–water partition coefficient (Wildman–Crippen LogP) is 1.78. The Morgan fingerprint density at radius 1 is 1.33 bits per heavy atom. The summed E-state index contributed by atoms with van der Waals surface area (Å²) in [5.41, 5.74) is 0. The van der Waals surface area contributed by atoms with E-state index in [2.05, 4.69) is 6.92 Å². The van der Waals surface area contributed by atoms with Crippen LogP contribution >= 0.6 is 22.6 Å². The molecule has 0 fully saturated rings. The highest BCUT2D eigenvalue weighted by Crippen LogP contribution is 1.89. The van der Waals surface area contributed by atoms with E-state index >= 15 is 0 Å². The molecule has 0 amide bonds. The van der Waals surface area contributed by atoms with Crippen molar-refractivity contribution in [2.45, 2.75) is 19.8 Å². The van der Waals surface area contributed by atoms with Crippen LogP contribution in [0, 0.1) is 0 Å². The number of hydrogen-bond acceptors (Lipinski definition) is 3. The summed E-state index contributed by atoms with van der Waals surface area (Å²) in [4.78, 5) is 10.6. The van der Waals surface area contributed by atoms with Crippen LogP contribution in [0.2, 0.25) is 0 Å². The molecule has 0 aromatic carbocycles. The molecule has 0 atom stereocenters. The Morgan fingerprint density at radius 3 is 2.67 bits per heavy atom. The SMILES string of the molecule is CCCCOCCOC(=O)CI. The van der Waals surface area contributed by atoms with E-state index in [4.69, 9.17) is 9.47 Å². The average molecular weight is 286 g/mol. The summed E-state index contributed by atoms with van der Waals surface area (Å²) in [5, 5.41) is 0. The molecule has 12 heavy (non-hydrogen) atoms. The average Bonchev–Trinajstić information content (AvgIpc) is 2.10. The Bertz CT molecular complexity index is 117. The second-order valence-corrected chi connectivity index (χ2v) is 3.08. The second-order valence-electron chi connectivity index (χ2n) is 2.32. The summed E-state index contributed by atoms with van der Waals surface area (Å²) in [6.45, 7) is 3.77. The summed E-state index contributed by atoms with van der Waals surface area (Å²) in [6.07, 6.45) is 2.20. The lowest BCUT2D eigenvalue weighted by molar-refractivity contribution is -0.141. The predicted molar refractivity (Wildman–Crippen MR) is 55.6 cm³/mol. The minimum Gasteiger partial charge on any atom is -0.463 e. The molecular formula is C8H15IO3. The lowest BCUT2D eigenvalue weighted by Gasteiger charge is -2.03. The van der Waals surface area contributed by atoms with E-state index in [-0.39, 0.29) is 5.97 Å². The van der Waals surface area contributed by atoms with Gasteiger partial charge in [0.1, 0.15) is 6.61 Å². The molecule has 0 heterocycles. The number of esters is 1. The number of halogens is 1. The Labute approximate surface area is 86.9 Å². The largest absolute Gasteiger partial charge is 0.463 e. The van der Waals surface area contributed by atoms with E-state index < -0.39 is 0 Å². The maximum absolute atomic E-state index is 10.6. The summed E-state index contributed by atoms with van der Waals surface area (Å²) in [7, 11) is 0. The number of hydrogen-bond donors (Lipinski definition) is 0. The van der Waals surface area contributed by atoms with E-state index in [1.807, 2.05) is 22.6 Å². The van der Waals surface area contributed by atoms with Crippen molar-refractivity contribution in [3.63, 3.8) is 0 Å². The number of carbonyl (C=O) groups is 1. The highest BCUT2D eigenvalue weighted by molar-refractivity contribution is 14.1. The zero-order chi connectivity index (χ0) is 9.23. The van der Waals surface area contributed by atoms with Gasteiger partial charge in [-0.25, -0.2) is 0 Å². The van der Waals surface area contributed by atoms with Gasteiger partial charge in [0.25, 0.3) is 0 Å². The summed E-state index contributed by atoms with van der Waals surface area (Å²) >= 11 is 1.97. The highest BCUT2D eigenvalue weighted by Gasteiger charge is 1.97. The number of unbranched alkanes of at least 4 members (excludes halogenated alkanes) is 1. The van der Waals surface area contributed by atoms with E-state index in [1.165, 1.54) is 0 Å². The van der Waals surface area contributed by atoms with Gasteiger partial charge in [-0.1, -0.05) is 35.9 Å². The van der Waals surface area contributed by atoms with Gasteiger partial charge in [0.15, 0.2) is 0 Å². The molecule has 0 N–H and O–H groups in total. The molecule has 4 heteroatoms. The van der Waals surface area contributed by atoms with Crippen LogP contribution in [0.4, 0.5) is 0 Å². The molecule has 0 saturated carbocycles. The lowest BCUT2D eigenvalue weighted by atomic mass is 10.4. The third kappa shape index (κ3) is 8.26. The molecule has 0 rings (SSSR count). The zero-order valence-electron chi connectivity index (χ0n) is 7.35. The normalized spacial score (nSPS) is 9.83. The topological polar surface area (TPSA) is 35.5 Å². The van der Waals surface area contributed by atoms with Crippen LogP contribution in [0.3, 0.4) is 0 Å². The summed E-state index contributed by atoms with van der Waals surface area (Å²) in [6, 6.07) is 0. The van der Waals surface area contributed by atoms with E-state index in [9.17, 15) is 4.79 Å². The molecule has 72 valence electrons. The fourth-order valence-electron chi connectivity index (χ4n) is 0.601. The molecule has 0 aromatic rings. The quantitative estimate of drug-likeness (QED) is 0.310. The highest BCUT2D eigenvalue weighted by atomic mass is 127. The maximum atomic E-state index is 10.6. The van der Waals surface area contributed by atoms with Crippen molar-refractivity contribution in [2.24, 2.45) is 0 Å². The van der Waals surface area contributed by atoms with Crippen LogP contribution in [0.25, 0.3) is 0 Å². The van der Waals surface area contributed by atoms with Crippen molar-refractivity contribution in [3.05, 3.63) is 0 Å². The molecule has 0 saturated heterocycles. The standard InChI is InChI=1S/C8H15IO3/c1-2-3-4-11-5-6-12-8(10)7-9/h2-7H2,1H3. The van der Waals surface area contributed by atoms with Crippen LogP contribution in [-0.4, -0.2) is 30.2 Å². The third-order valence-electron chi connectivity index (χ3n) is 1.24. The van der Waals surface area contributed by atoms with Crippen LogP contribution in [-0.2, 0) is 14.3 Å². The van der Waals surface area contributed by atoms with Crippen LogP contribution < -0.4 is 0 Å². The second kappa shape index (κ2) is 9.25. The molecule has 0 aromatic heterocycles. The van der Waals surface area contributed by atoms with Crippen molar-refractivity contribution < 1.29 is 14.3 Å². The summed E-state index contributed by atoms with van der Waals surface area (Å²) < 4.78 is 10.4. The van der Waals surface area contributed by atoms with Crippen molar-refractivity contribution in [1.29, 1.82) is 0 Å². The minimum absolute atomic E-state index is 0.172. The fourth-order valence-corrected chi connectivity index (χ4v) is 0.822. The smallest absolute Gasteiger partial charge is 0.315 e. The van der Waals surface area contributed by atoms with Gasteiger partial charge in [-0.05, 0) is 6.42 Å². The van der Waals surface area contributed by atoms with Crippen LogP contribution in [0.1, 0.15) is 19.8 Å². The minimum atomic E-state index is -0.172. The van der Waals surface area contributed by atoms with Crippen molar-refractivity contribution in [3.8, 4) is 0 Å². The Morgan fingerprint density at radius 2 is 2.08 bits per heavy atom. The molecule has 0 bridgehead atoms. The molecule has 0 aliphatic heterocycles. The fraction of sp³-hybridized carbons (Fsp3) is 0.875. The van der Waals surface area contributed by atoms with Gasteiger partial charge in [-0.2, -0.15) is 0 Å². The van der Waals surface area contributed by atoms with Gasteiger partial charge in [-0.15, -0.1) is 0 Å². The van der Waals surface area contributed by atoms with Crippen LogP contribution in [0.15, 0.2) is 0 Å². The molecular weight excluding hydrogens is 271 g/mol. The molecule has 0 spiro atoms. The third-order valence-corrected chi connectivity index (χ3v) is 1.86. The molecule has 0 unspecified atom stereocenters. The van der Waals surface area contributed by atoms with E-state index in [1.54, 1.807) is 0 Å². The number of ether oxygens (including phenoxy) is 2. The Hall–Kier alpha value is 0.160. The van der Waals surface area contributed by atoms with E-state index in [0.29, 0.717) is 17.6 Å². The molecule has 3 nitrogen and oxygen atoms in total. The maximum Gasteiger partial charge on any atom is 0.315 e. The first kappa shape index (κ1) is 12.2. The lowest BCUT2D eigenvalue weighted by Crippen LogP contribution is -2.11. The first-order chi connectivity index (χ1) is 5.81. The van der Waals surface area contributed by atoms with Gasteiger partial charge in [0, 0.05) is 6.61 Å². The van der Waals surface area contributed by atoms with Gasteiger partial charge in [0.2, 0.25) is 0 Å². The van der Waals surface area contributed by atoms with Crippen LogP contribution in [0.5, 0.6) is 0 Å². The number of alkyl halides is 1. The van der Waals surface area contributed by atoms with Gasteiger partial charge < -0.3 is 9.47 Å². The zero-order valence-corrected chi connectivity index (χ0v) is 9.50. The monoisotopic (exact) mass is 286 g/mol. The van der Waals surface area contributed by atoms with Crippen molar-refractivity contribution in [2.75, 3.05) is 24.2 Å². The summed E-state index contributed by atoms with van der Waals surface area (Å²) in [5.74, 6) is -0.172. The Kier molecular flexibility index (Phi) is 9.37. The number of rotatable bonds is 7. The van der Waals surface area contributed by atoms with E-state index in [0.717, 1.165) is 19.4 Å². The van der Waals surface area contributed by atoms with Crippen molar-refractivity contribution in [1.82, 2.24) is 0 Å².